The summed E-state index contributed by atoms with van der Waals surface area (Å²) in [6, 6.07) is 7.86. The van der Waals surface area contributed by atoms with Crippen molar-refractivity contribution in [1.82, 2.24) is 4.90 Å². The summed E-state index contributed by atoms with van der Waals surface area (Å²) >= 11 is 0. The van der Waals surface area contributed by atoms with E-state index in [4.69, 9.17) is 0 Å². The topological polar surface area (TPSA) is 23.5 Å². The molecule has 3 rings (SSSR count). The second kappa shape index (κ2) is 6.82. The minimum absolute atomic E-state index is 0. The maximum atomic E-state index is 9.43. The molecule has 1 N–H and O–H groups in total. The highest BCUT2D eigenvalue weighted by atomic mass is 35.5. The van der Waals surface area contributed by atoms with Gasteiger partial charge in [0.2, 0.25) is 0 Å². The van der Waals surface area contributed by atoms with E-state index in [2.05, 4.69) is 17.0 Å². The molecule has 1 aromatic rings. The van der Waals surface area contributed by atoms with Crippen LogP contribution in [0, 0.1) is 0 Å². The largest absolute Gasteiger partial charge is 1.00 e. The van der Waals surface area contributed by atoms with E-state index < -0.39 is 0 Å². The van der Waals surface area contributed by atoms with Crippen LogP contribution >= 0.6 is 0 Å². The second-order valence-electron chi connectivity index (χ2n) is 6.32. The zero-order valence-corrected chi connectivity index (χ0v) is 12.9. The van der Waals surface area contributed by atoms with Crippen molar-refractivity contribution in [2.75, 3.05) is 13.1 Å². The van der Waals surface area contributed by atoms with Crippen LogP contribution in [0.2, 0.25) is 0 Å². The number of benzene rings is 1. The summed E-state index contributed by atoms with van der Waals surface area (Å²) in [5.74, 6) is 0.377. The van der Waals surface area contributed by atoms with Gasteiger partial charge >= 0.3 is 0 Å². The Morgan fingerprint density at radius 2 is 1.50 bits per heavy atom. The molecule has 112 valence electrons. The van der Waals surface area contributed by atoms with Crippen LogP contribution in [0.1, 0.15) is 50.5 Å². The molecule has 0 spiro atoms. The fraction of sp³-hybridized carbons (Fsp3) is 0.647. The van der Waals surface area contributed by atoms with Crippen LogP contribution in [-0.2, 0) is 6.42 Å². The van der Waals surface area contributed by atoms with E-state index in [1.54, 1.807) is 0 Å². The van der Waals surface area contributed by atoms with Crippen molar-refractivity contribution in [3.63, 3.8) is 0 Å². The molecule has 1 saturated carbocycles. The molecular formula is C17H25ClNO-. The second-order valence-corrected chi connectivity index (χ2v) is 6.32. The van der Waals surface area contributed by atoms with Gasteiger partial charge in [-0.3, -0.25) is 4.90 Å². The maximum Gasteiger partial charge on any atom is 0.115 e. The number of halogens is 1. The third-order valence-corrected chi connectivity index (χ3v) is 5.03. The Hall–Kier alpha value is -0.730. The summed E-state index contributed by atoms with van der Waals surface area (Å²) < 4.78 is 0. The van der Waals surface area contributed by atoms with Crippen LogP contribution in [0.4, 0.5) is 0 Å². The lowest BCUT2D eigenvalue weighted by Gasteiger charge is -2.45. The monoisotopic (exact) mass is 294 g/mol. The first-order valence-electron chi connectivity index (χ1n) is 7.82. The number of aromatic hydroxyl groups is 1. The van der Waals surface area contributed by atoms with Gasteiger partial charge in [0.1, 0.15) is 5.75 Å². The molecule has 1 heterocycles. The van der Waals surface area contributed by atoms with Crippen LogP contribution in [-0.4, -0.2) is 28.6 Å². The number of hydrogen-bond acceptors (Lipinski definition) is 2. The molecule has 1 saturated heterocycles. The smallest absolute Gasteiger partial charge is 0.115 e. The Balaban J connectivity index is 0.00000147. The van der Waals surface area contributed by atoms with E-state index in [0.29, 0.717) is 11.3 Å². The zero-order valence-electron chi connectivity index (χ0n) is 12.2. The third-order valence-electron chi connectivity index (χ3n) is 5.03. The Morgan fingerprint density at radius 1 is 0.900 bits per heavy atom. The van der Waals surface area contributed by atoms with Gasteiger partial charge in [0, 0.05) is 5.54 Å². The lowest BCUT2D eigenvalue weighted by atomic mass is 9.76. The number of hydrogen-bond donors (Lipinski definition) is 1. The van der Waals surface area contributed by atoms with Crippen LogP contribution in [0.3, 0.4) is 0 Å². The van der Waals surface area contributed by atoms with Gasteiger partial charge in [0.15, 0.2) is 0 Å². The Labute approximate surface area is 128 Å². The summed E-state index contributed by atoms with van der Waals surface area (Å²) in [5, 5.41) is 9.43. The number of phenolic OH excluding ortho intramolecular Hbond substituents is 1. The van der Waals surface area contributed by atoms with Gasteiger partial charge in [-0.25, -0.2) is 0 Å². The van der Waals surface area contributed by atoms with Gasteiger partial charge in [0.25, 0.3) is 0 Å². The molecule has 2 aliphatic rings. The third kappa shape index (κ3) is 3.29. The van der Waals surface area contributed by atoms with E-state index in [1.807, 2.05) is 12.1 Å². The average Bonchev–Trinajstić information content (AvgIpc) is 2.97. The van der Waals surface area contributed by atoms with E-state index >= 15 is 0 Å². The predicted octanol–water partition coefficient (Wildman–Crippen LogP) is 0.737. The predicted molar refractivity (Wildman–Crippen MR) is 78.4 cm³/mol. The summed E-state index contributed by atoms with van der Waals surface area (Å²) in [6.07, 6.45) is 10.8. The summed E-state index contributed by atoms with van der Waals surface area (Å²) in [5.41, 5.74) is 1.79. The molecule has 0 radical (unpaired) electrons. The van der Waals surface area contributed by atoms with Gasteiger partial charge in [-0.2, -0.15) is 0 Å². The molecule has 2 nitrogen and oxygen atoms in total. The molecule has 0 bridgehead atoms. The van der Waals surface area contributed by atoms with Crippen molar-refractivity contribution in [3.8, 4) is 5.75 Å². The zero-order chi connectivity index (χ0) is 13.1. The SMILES string of the molecule is Oc1ccc(CC2(N3CCCC3)CCCCC2)cc1.[Cl-]. The molecule has 0 unspecified atom stereocenters. The highest BCUT2D eigenvalue weighted by molar-refractivity contribution is 5.27. The fourth-order valence-electron chi connectivity index (χ4n) is 4.00. The van der Waals surface area contributed by atoms with Gasteiger partial charge in [-0.05, 0) is 62.9 Å². The van der Waals surface area contributed by atoms with Gasteiger partial charge < -0.3 is 17.5 Å². The summed E-state index contributed by atoms with van der Waals surface area (Å²) in [6.45, 7) is 2.58. The van der Waals surface area contributed by atoms with E-state index in [1.165, 1.54) is 63.6 Å². The number of nitrogens with zero attached hydrogens (tertiary/aromatic N) is 1. The minimum atomic E-state index is 0. The first-order chi connectivity index (χ1) is 9.28. The number of rotatable bonds is 3. The van der Waals surface area contributed by atoms with Crippen LogP contribution in [0.15, 0.2) is 24.3 Å². The van der Waals surface area contributed by atoms with Crippen LogP contribution in [0.25, 0.3) is 0 Å². The minimum Gasteiger partial charge on any atom is -1.00 e. The maximum absolute atomic E-state index is 9.43. The molecule has 20 heavy (non-hydrogen) atoms. The van der Waals surface area contributed by atoms with Crippen molar-refractivity contribution in [3.05, 3.63) is 29.8 Å². The first kappa shape index (κ1) is 15.7. The average molecular weight is 295 g/mol. The highest BCUT2D eigenvalue weighted by Gasteiger charge is 2.38. The molecule has 2 fully saturated rings. The highest BCUT2D eigenvalue weighted by Crippen LogP contribution is 2.38. The Bertz CT molecular complexity index is 406. The summed E-state index contributed by atoms with van der Waals surface area (Å²) in [4.78, 5) is 2.76. The van der Waals surface area contributed by atoms with Crippen LogP contribution < -0.4 is 12.4 Å². The van der Waals surface area contributed by atoms with E-state index in [9.17, 15) is 5.11 Å². The Morgan fingerprint density at radius 3 is 2.10 bits per heavy atom. The first-order valence-corrected chi connectivity index (χ1v) is 7.82. The lowest BCUT2D eigenvalue weighted by Crippen LogP contribution is -3.00. The number of phenols is 1. The molecule has 1 aromatic carbocycles. The van der Waals surface area contributed by atoms with E-state index in [-0.39, 0.29) is 12.4 Å². The van der Waals surface area contributed by atoms with Crippen molar-refractivity contribution >= 4 is 0 Å². The van der Waals surface area contributed by atoms with Crippen molar-refractivity contribution in [1.29, 1.82) is 0 Å². The molecular weight excluding hydrogens is 270 g/mol. The normalized spacial score (nSPS) is 22.4. The number of likely N-dealkylation sites (tertiary alicyclic amines) is 1. The Kier molecular flexibility index (Phi) is 5.34. The van der Waals surface area contributed by atoms with Gasteiger partial charge in [0.05, 0.1) is 0 Å². The standard InChI is InChI=1S/C17H25NO.ClH/c19-16-8-6-15(7-9-16)14-17(10-2-1-3-11-17)18-12-4-5-13-18;/h6-9,19H,1-5,10-14H2;1H/p-1. The summed E-state index contributed by atoms with van der Waals surface area (Å²) in [7, 11) is 0. The lowest BCUT2D eigenvalue weighted by molar-refractivity contribution is -0.00000594. The van der Waals surface area contributed by atoms with Gasteiger partial charge in [-0.1, -0.05) is 31.4 Å². The molecule has 1 aliphatic heterocycles. The van der Waals surface area contributed by atoms with E-state index in [0.717, 1.165) is 6.42 Å². The molecule has 3 heteroatoms. The fourth-order valence-corrected chi connectivity index (χ4v) is 4.00. The quantitative estimate of drug-likeness (QED) is 0.889. The molecule has 0 aromatic heterocycles. The van der Waals surface area contributed by atoms with Crippen LogP contribution in [0.5, 0.6) is 5.75 Å². The molecule has 0 atom stereocenters. The van der Waals surface area contributed by atoms with Crippen molar-refractivity contribution in [2.45, 2.75) is 56.9 Å². The molecule has 1 aliphatic carbocycles. The van der Waals surface area contributed by atoms with Crippen molar-refractivity contribution < 1.29 is 17.5 Å². The van der Waals surface area contributed by atoms with Crippen molar-refractivity contribution in [2.24, 2.45) is 0 Å². The molecule has 0 amide bonds. The van der Waals surface area contributed by atoms with Gasteiger partial charge in [-0.15, -0.1) is 0 Å².